The van der Waals surface area contributed by atoms with Crippen LogP contribution in [0, 0.1) is 0 Å². The van der Waals surface area contributed by atoms with Crippen LogP contribution in [0.25, 0.3) is 10.2 Å². The predicted molar refractivity (Wildman–Crippen MR) is 85.8 cm³/mol. The normalized spacial score (nSPS) is 21.6. The van der Waals surface area contributed by atoms with Crippen LogP contribution in [0.5, 0.6) is 0 Å². The fourth-order valence-corrected chi connectivity index (χ4v) is 3.47. The second-order valence-electron chi connectivity index (χ2n) is 4.91. The summed E-state index contributed by atoms with van der Waals surface area (Å²) in [6.45, 7) is 2.97. The van der Waals surface area contributed by atoms with Gasteiger partial charge in [-0.25, -0.2) is 4.98 Å². The summed E-state index contributed by atoms with van der Waals surface area (Å²) >= 11 is 1.52. The van der Waals surface area contributed by atoms with Gasteiger partial charge in [-0.15, -0.1) is 12.4 Å². The maximum atomic E-state index is 12.4. The monoisotopic (exact) mass is 311 g/mol. The number of fused-ring (bicyclic) bond motifs is 1. The zero-order valence-corrected chi connectivity index (χ0v) is 12.9. The highest BCUT2D eigenvalue weighted by atomic mass is 35.5. The minimum atomic E-state index is -0.405. The van der Waals surface area contributed by atoms with Crippen molar-refractivity contribution < 1.29 is 4.79 Å². The third-order valence-electron chi connectivity index (χ3n) is 3.80. The Hall–Kier alpha value is -1.17. The Morgan fingerprint density at radius 1 is 1.50 bits per heavy atom. The van der Waals surface area contributed by atoms with Crippen LogP contribution in [-0.2, 0) is 4.79 Å². The van der Waals surface area contributed by atoms with Crippen molar-refractivity contribution in [1.82, 2.24) is 10.3 Å². The molecule has 6 heteroatoms. The molecule has 1 saturated heterocycles. The summed E-state index contributed by atoms with van der Waals surface area (Å²) in [5, 5.41) is 7.00. The summed E-state index contributed by atoms with van der Waals surface area (Å²) in [5.74, 6) is 0.0477. The van der Waals surface area contributed by atoms with E-state index in [0.29, 0.717) is 5.13 Å². The Morgan fingerprint density at radius 3 is 2.95 bits per heavy atom. The third-order valence-corrected chi connectivity index (χ3v) is 4.75. The number of nitrogens with one attached hydrogen (secondary N) is 2. The van der Waals surface area contributed by atoms with Crippen LogP contribution in [-0.4, -0.2) is 23.0 Å². The number of para-hydroxylation sites is 1. The molecule has 4 nitrogen and oxygen atoms in total. The molecule has 1 atom stereocenters. The van der Waals surface area contributed by atoms with Crippen LogP contribution in [0.1, 0.15) is 26.2 Å². The highest BCUT2D eigenvalue weighted by Gasteiger charge is 2.39. The lowest BCUT2D eigenvalue weighted by Gasteiger charge is -2.25. The van der Waals surface area contributed by atoms with E-state index < -0.39 is 5.54 Å². The number of benzene rings is 1. The first-order valence-electron chi connectivity index (χ1n) is 6.65. The Bertz CT molecular complexity index is 574. The molecule has 1 amide bonds. The van der Waals surface area contributed by atoms with E-state index in [1.807, 2.05) is 24.3 Å². The number of hydrogen-bond donors (Lipinski definition) is 2. The highest BCUT2D eigenvalue weighted by molar-refractivity contribution is 7.22. The fraction of sp³-hybridized carbons (Fsp3) is 0.429. The van der Waals surface area contributed by atoms with Gasteiger partial charge in [0.2, 0.25) is 5.91 Å². The molecule has 0 bridgehead atoms. The third kappa shape index (κ3) is 2.66. The SMILES string of the molecule is CCC1(C(=O)Nc2nc3ccccc3s2)CCCN1.Cl. The lowest BCUT2D eigenvalue weighted by Crippen LogP contribution is -2.50. The summed E-state index contributed by atoms with van der Waals surface area (Å²) in [4.78, 5) is 16.9. The Balaban J connectivity index is 0.00000147. The maximum absolute atomic E-state index is 12.4. The summed E-state index contributed by atoms with van der Waals surface area (Å²) in [6, 6.07) is 7.93. The van der Waals surface area contributed by atoms with Gasteiger partial charge < -0.3 is 10.6 Å². The van der Waals surface area contributed by atoms with E-state index in [1.54, 1.807) is 0 Å². The molecule has 108 valence electrons. The topological polar surface area (TPSA) is 54.0 Å². The van der Waals surface area contributed by atoms with E-state index >= 15 is 0 Å². The van der Waals surface area contributed by atoms with Crippen LogP contribution in [0.3, 0.4) is 0 Å². The molecule has 1 aliphatic rings. The lowest BCUT2D eigenvalue weighted by atomic mass is 9.93. The number of rotatable bonds is 3. The second-order valence-corrected chi connectivity index (χ2v) is 5.94. The summed E-state index contributed by atoms with van der Waals surface area (Å²) in [7, 11) is 0. The molecule has 2 N–H and O–H groups in total. The van der Waals surface area contributed by atoms with Crippen molar-refractivity contribution in [3.8, 4) is 0 Å². The van der Waals surface area contributed by atoms with Gasteiger partial charge in [0.1, 0.15) is 0 Å². The fourth-order valence-electron chi connectivity index (χ4n) is 2.60. The minimum Gasteiger partial charge on any atom is -0.303 e. The molecule has 1 aromatic carbocycles. The molecule has 2 aromatic rings. The average molecular weight is 312 g/mol. The van der Waals surface area contributed by atoms with Crippen molar-refractivity contribution in [2.45, 2.75) is 31.7 Å². The van der Waals surface area contributed by atoms with Crippen molar-refractivity contribution in [3.05, 3.63) is 24.3 Å². The summed E-state index contributed by atoms with van der Waals surface area (Å²) < 4.78 is 1.10. The first-order chi connectivity index (χ1) is 9.23. The summed E-state index contributed by atoms with van der Waals surface area (Å²) in [5.41, 5.74) is 0.533. The Morgan fingerprint density at radius 2 is 2.30 bits per heavy atom. The van der Waals surface area contributed by atoms with Gasteiger partial charge in [0, 0.05) is 0 Å². The van der Waals surface area contributed by atoms with Crippen LogP contribution in [0.4, 0.5) is 5.13 Å². The summed E-state index contributed by atoms with van der Waals surface area (Å²) in [6.07, 6.45) is 2.77. The second kappa shape index (κ2) is 6.08. The highest BCUT2D eigenvalue weighted by Crippen LogP contribution is 2.28. The van der Waals surface area contributed by atoms with Gasteiger partial charge in [0.25, 0.3) is 0 Å². The molecular formula is C14H18ClN3OS. The van der Waals surface area contributed by atoms with E-state index in [4.69, 9.17) is 0 Å². The van der Waals surface area contributed by atoms with E-state index in [1.165, 1.54) is 11.3 Å². The molecule has 1 unspecified atom stereocenters. The van der Waals surface area contributed by atoms with Crippen molar-refractivity contribution in [2.75, 3.05) is 11.9 Å². The van der Waals surface area contributed by atoms with Gasteiger partial charge in [-0.2, -0.15) is 0 Å². The molecule has 20 heavy (non-hydrogen) atoms. The minimum absolute atomic E-state index is 0. The van der Waals surface area contributed by atoms with Crippen molar-refractivity contribution in [3.63, 3.8) is 0 Å². The van der Waals surface area contributed by atoms with Crippen LogP contribution < -0.4 is 10.6 Å². The van der Waals surface area contributed by atoms with Crippen LogP contribution in [0.15, 0.2) is 24.3 Å². The van der Waals surface area contributed by atoms with Gasteiger partial charge in [0.05, 0.1) is 15.8 Å². The Kier molecular flexibility index (Phi) is 4.62. The number of anilines is 1. The quantitative estimate of drug-likeness (QED) is 0.915. The number of aromatic nitrogens is 1. The van der Waals surface area contributed by atoms with E-state index in [-0.39, 0.29) is 18.3 Å². The van der Waals surface area contributed by atoms with E-state index in [2.05, 4.69) is 22.5 Å². The number of carbonyl (C=O) groups excluding carboxylic acids is 1. The molecule has 2 heterocycles. The standard InChI is InChI=1S/C14H17N3OS.ClH/c1-2-14(8-5-9-15-14)12(18)17-13-16-10-6-3-4-7-11(10)19-13;/h3-4,6-7,15H,2,5,8-9H2,1H3,(H,16,17,18);1H. The number of halogens is 1. The molecule has 1 aliphatic heterocycles. The number of thiazole rings is 1. The molecule has 3 rings (SSSR count). The first-order valence-corrected chi connectivity index (χ1v) is 7.47. The number of amides is 1. The number of hydrogen-bond acceptors (Lipinski definition) is 4. The number of nitrogens with zero attached hydrogens (tertiary/aromatic N) is 1. The van der Waals surface area contributed by atoms with Gasteiger partial charge in [-0.05, 0) is 37.9 Å². The van der Waals surface area contributed by atoms with E-state index in [0.717, 1.165) is 36.0 Å². The van der Waals surface area contributed by atoms with Gasteiger partial charge in [-0.3, -0.25) is 4.79 Å². The lowest BCUT2D eigenvalue weighted by molar-refractivity contribution is -0.122. The molecule has 0 radical (unpaired) electrons. The van der Waals surface area contributed by atoms with Crippen molar-refractivity contribution >= 4 is 45.0 Å². The first kappa shape index (κ1) is 15.2. The van der Waals surface area contributed by atoms with Crippen molar-refractivity contribution in [2.24, 2.45) is 0 Å². The van der Waals surface area contributed by atoms with Crippen molar-refractivity contribution in [1.29, 1.82) is 0 Å². The van der Waals surface area contributed by atoms with Gasteiger partial charge in [-0.1, -0.05) is 30.4 Å². The van der Waals surface area contributed by atoms with E-state index in [9.17, 15) is 4.79 Å². The Labute approximate surface area is 128 Å². The molecule has 1 fully saturated rings. The van der Waals surface area contributed by atoms with Crippen LogP contribution >= 0.6 is 23.7 Å². The zero-order chi connectivity index (χ0) is 13.3. The molecule has 0 aliphatic carbocycles. The molecule has 1 aromatic heterocycles. The zero-order valence-electron chi connectivity index (χ0n) is 11.3. The van der Waals surface area contributed by atoms with Gasteiger partial charge >= 0.3 is 0 Å². The largest absolute Gasteiger partial charge is 0.303 e. The number of carbonyl (C=O) groups is 1. The predicted octanol–water partition coefficient (Wildman–Crippen LogP) is 3.19. The van der Waals surface area contributed by atoms with Crippen LogP contribution in [0.2, 0.25) is 0 Å². The smallest absolute Gasteiger partial charge is 0.246 e. The molecule has 0 spiro atoms. The maximum Gasteiger partial charge on any atom is 0.246 e. The average Bonchev–Trinajstić information content (AvgIpc) is 3.05. The molecule has 0 saturated carbocycles. The molecular weight excluding hydrogens is 294 g/mol. The van der Waals surface area contributed by atoms with Gasteiger partial charge in [0.15, 0.2) is 5.13 Å².